The highest BCUT2D eigenvalue weighted by molar-refractivity contribution is 5.99. The van der Waals surface area contributed by atoms with Gasteiger partial charge in [0.25, 0.3) is 11.8 Å². The van der Waals surface area contributed by atoms with E-state index in [1.807, 2.05) is 61.2 Å². The molecule has 6 heteroatoms. The van der Waals surface area contributed by atoms with E-state index in [1.165, 1.54) is 0 Å². The van der Waals surface area contributed by atoms with Crippen molar-refractivity contribution in [2.24, 2.45) is 5.92 Å². The summed E-state index contributed by atoms with van der Waals surface area (Å²) in [6.45, 7) is 10.0. The number of hydrogen-bond donors (Lipinski definition) is 2. The molecule has 2 N–H and O–H groups in total. The Balaban J connectivity index is 1.78. The van der Waals surface area contributed by atoms with Crippen LogP contribution >= 0.6 is 0 Å². The van der Waals surface area contributed by atoms with Gasteiger partial charge in [-0.3, -0.25) is 9.59 Å². The monoisotopic (exact) mass is 423 g/mol. The lowest BCUT2D eigenvalue weighted by molar-refractivity contribution is 0.0708. The summed E-state index contributed by atoms with van der Waals surface area (Å²) in [7, 11) is 0. The number of carbonyl (C=O) groups excluding carboxylic acids is 2. The first-order chi connectivity index (χ1) is 14.9. The van der Waals surface area contributed by atoms with Crippen LogP contribution in [0.25, 0.3) is 0 Å². The second-order valence-corrected chi connectivity index (χ2v) is 8.27. The standard InChI is InChI=1S/C25H33N3O3/c1-5-31-15-9-14-28-23(21-12-6-7-13-22(21)25(28)30)27-20-11-8-10-19(16-20)24(29)26-18(4)17(2)3/h6-8,10-13,16-18,23,27H,5,9,14-15H2,1-4H3,(H,26,29)/t18-,23-/m0/s1. The number of carbonyl (C=O) groups is 2. The van der Waals surface area contributed by atoms with E-state index in [4.69, 9.17) is 4.74 Å². The number of amides is 2. The minimum absolute atomic E-state index is 0.0178. The lowest BCUT2D eigenvalue weighted by atomic mass is 10.1. The van der Waals surface area contributed by atoms with Gasteiger partial charge in [-0.1, -0.05) is 38.1 Å². The Kier molecular flexibility index (Phi) is 7.69. The van der Waals surface area contributed by atoms with E-state index in [1.54, 1.807) is 6.07 Å². The maximum absolute atomic E-state index is 13.0. The Hall–Kier alpha value is -2.86. The van der Waals surface area contributed by atoms with Crippen molar-refractivity contribution in [3.05, 3.63) is 65.2 Å². The smallest absolute Gasteiger partial charge is 0.256 e. The molecule has 2 aromatic rings. The third-order valence-corrected chi connectivity index (χ3v) is 5.74. The molecule has 166 valence electrons. The molecule has 1 aliphatic heterocycles. The summed E-state index contributed by atoms with van der Waals surface area (Å²) in [5, 5.41) is 6.52. The summed E-state index contributed by atoms with van der Waals surface area (Å²) in [6.07, 6.45) is 0.486. The van der Waals surface area contributed by atoms with Crippen LogP contribution in [0.4, 0.5) is 5.69 Å². The second kappa shape index (κ2) is 10.4. The summed E-state index contributed by atoms with van der Waals surface area (Å²) in [5.41, 5.74) is 3.07. The molecule has 0 aliphatic carbocycles. The van der Waals surface area contributed by atoms with Crippen molar-refractivity contribution in [3.63, 3.8) is 0 Å². The van der Waals surface area contributed by atoms with Gasteiger partial charge in [0.1, 0.15) is 6.17 Å². The van der Waals surface area contributed by atoms with E-state index in [9.17, 15) is 9.59 Å². The van der Waals surface area contributed by atoms with Crippen LogP contribution in [0, 0.1) is 5.92 Å². The highest BCUT2D eigenvalue weighted by atomic mass is 16.5. The summed E-state index contributed by atoms with van der Waals surface area (Å²) in [6, 6.07) is 15.2. The first-order valence-electron chi connectivity index (χ1n) is 11.1. The number of rotatable bonds is 10. The second-order valence-electron chi connectivity index (χ2n) is 8.27. The third-order valence-electron chi connectivity index (χ3n) is 5.74. The first kappa shape index (κ1) is 22.8. The minimum atomic E-state index is -0.279. The molecule has 1 aliphatic rings. The fraction of sp³-hybridized carbons (Fsp3) is 0.440. The SMILES string of the molecule is CCOCCCN1C(=O)c2ccccc2[C@H]1Nc1cccc(C(=O)N[C@@H](C)C(C)C)c1. The number of benzene rings is 2. The van der Waals surface area contributed by atoms with Crippen LogP contribution in [0.5, 0.6) is 0 Å². The zero-order chi connectivity index (χ0) is 22.4. The van der Waals surface area contributed by atoms with Gasteiger partial charge in [-0.15, -0.1) is 0 Å². The van der Waals surface area contributed by atoms with Gasteiger partial charge >= 0.3 is 0 Å². The van der Waals surface area contributed by atoms with E-state index in [0.29, 0.717) is 31.2 Å². The Bertz CT molecular complexity index is 912. The topological polar surface area (TPSA) is 70.7 Å². The van der Waals surface area contributed by atoms with Gasteiger partial charge in [-0.05, 0) is 50.5 Å². The van der Waals surface area contributed by atoms with Crippen LogP contribution in [0.3, 0.4) is 0 Å². The summed E-state index contributed by atoms with van der Waals surface area (Å²) in [5.74, 6) is 0.280. The quantitative estimate of drug-likeness (QED) is 0.554. The molecule has 2 amide bonds. The van der Waals surface area contributed by atoms with Gasteiger partial charge < -0.3 is 20.3 Å². The molecule has 2 aromatic carbocycles. The molecule has 0 unspecified atom stereocenters. The van der Waals surface area contributed by atoms with E-state index >= 15 is 0 Å². The van der Waals surface area contributed by atoms with Crippen molar-refractivity contribution >= 4 is 17.5 Å². The highest BCUT2D eigenvalue weighted by Crippen LogP contribution is 2.34. The van der Waals surface area contributed by atoms with Crippen LogP contribution < -0.4 is 10.6 Å². The van der Waals surface area contributed by atoms with Crippen molar-refractivity contribution < 1.29 is 14.3 Å². The zero-order valence-electron chi connectivity index (χ0n) is 18.9. The minimum Gasteiger partial charge on any atom is -0.382 e. The molecular weight excluding hydrogens is 390 g/mol. The fourth-order valence-electron chi connectivity index (χ4n) is 3.60. The van der Waals surface area contributed by atoms with Crippen LogP contribution in [0.2, 0.25) is 0 Å². The molecule has 0 bridgehead atoms. The number of nitrogens with zero attached hydrogens (tertiary/aromatic N) is 1. The normalized spacial score (nSPS) is 16.4. The molecule has 0 fully saturated rings. The zero-order valence-corrected chi connectivity index (χ0v) is 18.9. The number of fused-ring (bicyclic) bond motifs is 1. The summed E-state index contributed by atoms with van der Waals surface area (Å²) in [4.78, 5) is 27.5. The maximum atomic E-state index is 13.0. The predicted octanol–water partition coefficient (Wildman–Crippen LogP) is 4.45. The number of hydrogen-bond acceptors (Lipinski definition) is 4. The van der Waals surface area contributed by atoms with Crippen molar-refractivity contribution in [3.8, 4) is 0 Å². The Morgan fingerprint density at radius 1 is 1.13 bits per heavy atom. The van der Waals surface area contributed by atoms with E-state index < -0.39 is 0 Å². The number of ether oxygens (including phenoxy) is 1. The summed E-state index contributed by atoms with van der Waals surface area (Å²) >= 11 is 0. The molecule has 1 heterocycles. The largest absolute Gasteiger partial charge is 0.382 e. The van der Waals surface area contributed by atoms with Gasteiger partial charge in [0.05, 0.1) is 0 Å². The van der Waals surface area contributed by atoms with Crippen LogP contribution in [-0.2, 0) is 4.74 Å². The molecular formula is C25H33N3O3. The first-order valence-corrected chi connectivity index (χ1v) is 11.1. The average Bonchev–Trinajstić information content (AvgIpc) is 3.02. The lowest BCUT2D eigenvalue weighted by Crippen LogP contribution is -2.36. The van der Waals surface area contributed by atoms with Crippen molar-refractivity contribution in [1.82, 2.24) is 10.2 Å². The molecule has 0 saturated heterocycles. The Morgan fingerprint density at radius 3 is 2.65 bits per heavy atom. The molecule has 0 saturated carbocycles. The Labute approximate surface area is 185 Å². The average molecular weight is 424 g/mol. The molecule has 0 aromatic heterocycles. The molecule has 31 heavy (non-hydrogen) atoms. The van der Waals surface area contributed by atoms with Crippen molar-refractivity contribution in [1.29, 1.82) is 0 Å². The van der Waals surface area contributed by atoms with Gasteiger partial charge in [-0.2, -0.15) is 0 Å². The van der Waals surface area contributed by atoms with Crippen LogP contribution in [0.1, 0.15) is 66.6 Å². The Morgan fingerprint density at radius 2 is 1.90 bits per heavy atom. The number of anilines is 1. The van der Waals surface area contributed by atoms with Crippen LogP contribution in [0.15, 0.2) is 48.5 Å². The van der Waals surface area contributed by atoms with E-state index in [2.05, 4.69) is 24.5 Å². The third kappa shape index (κ3) is 5.44. The molecule has 3 rings (SSSR count). The van der Waals surface area contributed by atoms with Crippen LogP contribution in [-0.4, -0.2) is 42.5 Å². The fourth-order valence-corrected chi connectivity index (χ4v) is 3.60. The van der Waals surface area contributed by atoms with Gasteiger partial charge in [0, 0.05) is 48.2 Å². The molecule has 0 radical (unpaired) electrons. The molecule has 2 atom stereocenters. The highest BCUT2D eigenvalue weighted by Gasteiger charge is 2.36. The molecule has 0 spiro atoms. The number of nitrogens with one attached hydrogen (secondary N) is 2. The van der Waals surface area contributed by atoms with E-state index in [0.717, 1.165) is 23.2 Å². The maximum Gasteiger partial charge on any atom is 0.256 e. The van der Waals surface area contributed by atoms with Gasteiger partial charge in [0.2, 0.25) is 0 Å². The molecule has 6 nitrogen and oxygen atoms in total. The van der Waals surface area contributed by atoms with Crippen molar-refractivity contribution in [2.45, 2.75) is 46.3 Å². The predicted molar refractivity (Wildman–Crippen MR) is 123 cm³/mol. The summed E-state index contributed by atoms with van der Waals surface area (Å²) < 4.78 is 5.45. The van der Waals surface area contributed by atoms with Gasteiger partial charge in [0.15, 0.2) is 0 Å². The lowest BCUT2D eigenvalue weighted by Gasteiger charge is -2.27. The van der Waals surface area contributed by atoms with Crippen molar-refractivity contribution in [2.75, 3.05) is 25.1 Å². The van der Waals surface area contributed by atoms with E-state index in [-0.39, 0.29) is 24.0 Å². The van der Waals surface area contributed by atoms with Gasteiger partial charge in [-0.25, -0.2) is 0 Å².